The van der Waals surface area contributed by atoms with Gasteiger partial charge in [0.1, 0.15) is 5.76 Å². The number of Topliss-reactive ketones (excluding diaryl/α,β-unsaturated/α-hetero) is 1. The zero-order valence-electron chi connectivity index (χ0n) is 20.8. The number of anilines is 2. The van der Waals surface area contributed by atoms with Gasteiger partial charge in [-0.3, -0.25) is 14.5 Å². The molecule has 0 radical (unpaired) electrons. The van der Waals surface area contributed by atoms with E-state index in [2.05, 4.69) is 25.7 Å². The third-order valence-electron chi connectivity index (χ3n) is 6.73. The summed E-state index contributed by atoms with van der Waals surface area (Å²) in [4.78, 5) is 30.4. The molecule has 1 fully saturated rings. The first-order chi connectivity index (χ1) is 16.9. The van der Waals surface area contributed by atoms with Gasteiger partial charge in [0, 0.05) is 30.0 Å². The second-order valence-electron chi connectivity index (χ2n) is 8.82. The summed E-state index contributed by atoms with van der Waals surface area (Å²) in [6, 6.07) is 22.1. The maximum Gasteiger partial charge on any atom is 0.300 e. The van der Waals surface area contributed by atoms with Gasteiger partial charge in [0.2, 0.25) is 0 Å². The molecule has 0 saturated carbocycles. The molecule has 1 aliphatic rings. The number of hydrogen-bond donors (Lipinski definition) is 1. The van der Waals surface area contributed by atoms with E-state index in [9.17, 15) is 14.7 Å². The monoisotopic (exact) mass is 468 g/mol. The molecule has 1 aliphatic heterocycles. The first-order valence-corrected chi connectivity index (χ1v) is 12.2. The highest BCUT2D eigenvalue weighted by atomic mass is 16.3. The fourth-order valence-electron chi connectivity index (χ4n) is 4.63. The average molecular weight is 469 g/mol. The highest BCUT2D eigenvalue weighted by Crippen LogP contribution is 2.42. The van der Waals surface area contributed by atoms with Crippen molar-refractivity contribution in [2.75, 3.05) is 22.9 Å². The van der Waals surface area contributed by atoms with Crippen LogP contribution in [0.15, 0.2) is 78.4 Å². The van der Waals surface area contributed by atoms with Crippen molar-refractivity contribution in [2.45, 2.75) is 40.2 Å². The van der Waals surface area contributed by atoms with Gasteiger partial charge in [0.05, 0.1) is 11.6 Å². The van der Waals surface area contributed by atoms with Gasteiger partial charge >= 0.3 is 0 Å². The number of benzene rings is 3. The first-order valence-electron chi connectivity index (χ1n) is 12.2. The van der Waals surface area contributed by atoms with Crippen molar-refractivity contribution in [1.82, 2.24) is 0 Å². The number of aliphatic hydroxyl groups excluding tert-OH is 1. The van der Waals surface area contributed by atoms with Crippen molar-refractivity contribution in [3.8, 4) is 0 Å². The Morgan fingerprint density at radius 2 is 1.46 bits per heavy atom. The molecule has 1 amide bonds. The molecular formula is C30H32N2O3. The van der Waals surface area contributed by atoms with Crippen molar-refractivity contribution in [1.29, 1.82) is 0 Å². The largest absolute Gasteiger partial charge is 0.507 e. The van der Waals surface area contributed by atoms with Crippen LogP contribution in [0.1, 0.15) is 49.1 Å². The molecule has 3 aromatic carbocycles. The molecule has 1 saturated heterocycles. The van der Waals surface area contributed by atoms with E-state index >= 15 is 0 Å². The summed E-state index contributed by atoms with van der Waals surface area (Å²) in [5, 5.41) is 11.3. The van der Waals surface area contributed by atoms with Crippen LogP contribution in [0.2, 0.25) is 0 Å². The standard InChI is InChI=1S/C30H32N2O3/c1-5-21-10-12-23(13-11-21)28(33)26-27(22-14-18-24(19-15-22)31(6-2)7-3)32(30(35)29(26)34)25-16-8-20(4)9-17-25/h8-19,27,33H,5-7H2,1-4H3/b28-26-. The summed E-state index contributed by atoms with van der Waals surface area (Å²) in [6.45, 7) is 10.0. The van der Waals surface area contributed by atoms with Gasteiger partial charge in [-0.1, -0.05) is 61.0 Å². The van der Waals surface area contributed by atoms with E-state index < -0.39 is 17.7 Å². The molecule has 1 N–H and O–H groups in total. The molecule has 35 heavy (non-hydrogen) atoms. The van der Waals surface area contributed by atoms with Gasteiger partial charge in [-0.15, -0.1) is 0 Å². The second kappa shape index (κ2) is 10.2. The summed E-state index contributed by atoms with van der Waals surface area (Å²) in [5.74, 6) is -1.47. The molecule has 1 heterocycles. The number of ketones is 1. The first kappa shape index (κ1) is 24.3. The lowest BCUT2D eigenvalue weighted by Crippen LogP contribution is -2.29. The smallest absolute Gasteiger partial charge is 0.300 e. The van der Waals surface area contributed by atoms with Crippen LogP contribution in [0.25, 0.3) is 5.76 Å². The SMILES string of the molecule is CCc1ccc(/C(O)=C2/C(=O)C(=O)N(c3ccc(C)cc3)C2c2ccc(N(CC)CC)cc2)cc1. The topological polar surface area (TPSA) is 60.9 Å². The quantitative estimate of drug-likeness (QED) is 0.261. The van der Waals surface area contributed by atoms with Crippen LogP contribution in [-0.4, -0.2) is 29.9 Å². The predicted molar refractivity (Wildman–Crippen MR) is 142 cm³/mol. The average Bonchev–Trinajstić information content (AvgIpc) is 3.15. The lowest BCUT2D eigenvalue weighted by atomic mass is 9.94. The molecule has 5 nitrogen and oxygen atoms in total. The highest BCUT2D eigenvalue weighted by molar-refractivity contribution is 6.51. The van der Waals surface area contributed by atoms with Crippen LogP contribution >= 0.6 is 0 Å². The number of hydrogen-bond acceptors (Lipinski definition) is 4. The van der Waals surface area contributed by atoms with E-state index in [0.717, 1.165) is 41.9 Å². The lowest BCUT2D eigenvalue weighted by molar-refractivity contribution is -0.132. The summed E-state index contributed by atoms with van der Waals surface area (Å²) in [7, 11) is 0. The minimum atomic E-state index is -0.727. The van der Waals surface area contributed by atoms with E-state index in [0.29, 0.717) is 11.3 Å². The molecule has 5 heteroatoms. The van der Waals surface area contributed by atoms with E-state index in [1.165, 1.54) is 4.90 Å². The summed E-state index contributed by atoms with van der Waals surface area (Å²) in [6.07, 6.45) is 0.873. The Balaban J connectivity index is 1.87. The van der Waals surface area contributed by atoms with Crippen LogP contribution in [0.5, 0.6) is 0 Å². The third kappa shape index (κ3) is 4.59. The van der Waals surface area contributed by atoms with Gasteiger partial charge < -0.3 is 10.0 Å². The number of aryl methyl sites for hydroxylation is 2. The number of nitrogens with zero attached hydrogens (tertiary/aromatic N) is 2. The number of carbonyl (C=O) groups is 2. The molecule has 4 rings (SSSR count). The van der Waals surface area contributed by atoms with Gasteiger partial charge in [-0.25, -0.2) is 0 Å². The van der Waals surface area contributed by atoms with Crippen LogP contribution in [-0.2, 0) is 16.0 Å². The van der Waals surface area contributed by atoms with Gasteiger partial charge in [0.25, 0.3) is 11.7 Å². The van der Waals surface area contributed by atoms with Gasteiger partial charge in [-0.05, 0) is 62.6 Å². The third-order valence-corrected chi connectivity index (χ3v) is 6.73. The van der Waals surface area contributed by atoms with E-state index in [-0.39, 0.29) is 11.3 Å². The molecule has 0 aromatic heterocycles. The van der Waals surface area contributed by atoms with Crippen molar-refractivity contribution in [3.63, 3.8) is 0 Å². The van der Waals surface area contributed by atoms with Crippen molar-refractivity contribution < 1.29 is 14.7 Å². The Morgan fingerprint density at radius 3 is 2.00 bits per heavy atom. The Kier molecular flexibility index (Phi) is 7.06. The molecule has 1 unspecified atom stereocenters. The number of aliphatic hydroxyl groups is 1. The van der Waals surface area contributed by atoms with E-state index in [1.807, 2.05) is 67.6 Å². The van der Waals surface area contributed by atoms with Crippen molar-refractivity contribution in [2.24, 2.45) is 0 Å². The summed E-state index contributed by atoms with van der Waals surface area (Å²) < 4.78 is 0. The van der Waals surface area contributed by atoms with Gasteiger partial charge in [-0.2, -0.15) is 0 Å². The normalized spacial score (nSPS) is 17.1. The molecule has 0 bridgehead atoms. The summed E-state index contributed by atoms with van der Waals surface area (Å²) in [5.41, 5.74) is 5.28. The number of amides is 1. The minimum absolute atomic E-state index is 0.107. The Bertz CT molecular complexity index is 1240. The molecular weight excluding hydrogens is 436 g/mol. The minimum Gasteiger partial charge on any atom is -0.507 e. The zero-order chi connectivity index (χ0) is 25.1. The Hall–Kier alpha value is -3.86. The number of carbonyl (C=O) groups excluding carboxylic acids is 2. The van der Waals surface area contributed by atoms with Gasteiger partial charge in [0.15, 0.2) is 0 Å². The molecule has 180 valence electrons. The fraction of sp³-hybridized carbons (Fsp3) is 0.267. The Labute approximate surface area is 207 Å². The lowest BCUT2D eigenvalue weighted by Gasteiger charge is -2.27. The molecule has 0 spiro atoms. The zero-order valence-corrected chi connectivity index (χ0v) is 20.8. The van der Waals surface area contributed by atoms with E-state index in [4.69, 9.17) is 0 Å². The maximum absolute atomic E-state index is 13.3. The number of rotatable bonds is 7. The van der Waals surface area contributed by atoms with Crippen LogP contribution in [0.4, 0.5) is 11.4 Å². The molecule has 1 atom stereocenters. The van der Waals surface area contributed by atoms with E-state index in [1.54, 1.807) is 12.1 Å². The molecule has 0 aliphatic carbocycles. The predicted octanol–water partition coefficient (Wildman–Crippen LogP) is 6.03. The Morgan fingerprint density at radius 1 is 0.857 bits per heavy atom. The van der Waals surface area contributed by atoms with Crippen LogP contribution in [0.3, 0.4) is 0 Å². The maximum atomic E-state index is 13.3. The van der Waals surface area contributed by atoms with Crippen LogP contribution < -0.4 is 9.80 Å². The van der Waals surface area contributed by atoms with Crippen LogP contribution in [0, 0.1) is 6.92 Å². The summed E-state index contributed by atoms with van der Waals surface area (Å²) >= 11 is 0. The fourth-order valence-corrected chi connectivity index (χ4v) is 4.63. The second-order valence-corrected chi connectivity index (χ2v) is 8.82. The molecule has 3 aromatic rings. The highest BCUT2D eigenvalue weighted by Gasteiger charge is 2.46. The van der Waals surface area contributed by atoms with Crippen molar-refractivity contribution >= 4 is 28.8 Å². The van der Waals surface area contributed by atoms with Crippen molar-refractivity contribution in [3.05, 3.63) is 101 Å².